The van der Waals surface area contributed by atoms with E-state index in [4.69, 9.17) is 4.98 Å². The van der Waals surface area contributed by atoms with E-state index >= 15 is 0 Å². The van der Waals surface area contributed by atoms with Gasteiger partial charge in [-0.25, -0.2) is 9.97 Å². The number of hydrogen-bond acceptors (Lipinski definition) is 4. The van der Waals surface area contributed by atoms with E-state index in [2.05, 4.69) is 38.3 Å². The van der Waals surface area contributed by atoms with Crippen LogP contribution in [0.5, 0.6) is 0 Å². The quantitative estimate of drug-likeness (QED) is 0.909. The zero-order valence-electron chi connectivity index (χ0n) is 11.7. The minimum Gasteiger partial charge on any atom is -0.372 e. The van der Waals surface area contributed by atoms with Gasteiger partial charge in [0, 0.05) is 25.7 Å². The maximum Gasteiger partial charge on any atom is 0.165 e. The van der Waals surface area contributed by atoms with Crippen LogP contribution in [-0.2, 0) is 6.54 Å². The fourth-order valence-corrected chi connectivity index (χ4v) is 2.92. The summed E-state index contributed by atoms with van der Waals surface area (Å²) in [6.45, 7) is 3.06. The predicted molar refractivity (Wildman–Crippen MR) is 82.8 cm³/mol. The largest absolute Gasteiger partial charge is 0.372 e. The molecule has 1 N–H and O–H groups in total. The average Bonchev–Trinajstić information content (AvgIpc) is 3.19. The van der Waals surface area contributed by atoms with Crippen LogP contribution >= 0.6 is 15.9 Å². The van der Waals surface area contributed by atoms with Crippen molar-refractivity contribution in [3.63, 3.8) is 0 Å². The van der Waals surface area contributed by atoms with Crippen molar-refractivity contribution in [3.8, 4) is 11.4 Å². The zero-order chi connectivity index (χ0) is 14.1. The second-order valence-electron chi connectivity index (χ2n) is 5.11. The SMILES string of the molecule is CCCn1cc(-c2nc(NC)c(Br)c(C3CC3)n2)cn1. The lowest BCUT2D eigenvalue weighted by Gasteiger charge is -2.09. The van der Waals surface area contributed by atoms with E-state index in [1.807, 2.05) is 24.1 Å². The van der Waals surface area contributed by atoms with Gasteiger partial charge in [-0.1, -0.05) is 6.92 Å². The fraction of sp³-hybridized carbons (Fsp3) is 0.500. The summed E-state index contributed by atoms with van der Waals surface area (Å²) in [4.78, 5) is 9.32. The van der Waals surface area contributed by atoms with Gasteiger partial charge in [0.2, 0.25) is 0 Å². The molecule has 0 atom stereocenters. The van der Waals surface area contributed by atoms with Gasteiger partial charge in [0.1, 0.15) is 5.82 Å². The lowest BCUT2D eigenvalue weighted by molar-refractivity contribution is 0.603. The first-order chi connectivity index (χ1) is 9.72. The first kappa shape index (κ1) is 13.5. The minimum absolute atomic E-state index is 0.573. The van der Waals surface area contributed by atoms with E-state index in [1.165, 1.54) is 12.8 Å². The molecule has 1 fully saturated rings. The lowest BCUT2D eigenvalue weighted by Crippen LogP contribution is -2.02. The summed E-state index contributed by atoms with van der Waals surface area (Å²) >= 11 is 3.61. The molecular formula is C14H18BrN5. The van der Waals surface area contributed by atoms with Crippen LogP contribution < -0.4 is 5.32 Å². The predicted octanol–water partition coefficient (Wildman–Crippen LogP) is 3.43. The van der Waals surface area contributed by atoms with Gasteiger partial charge in [-0.2, -0.15) is 5.10 Å². The Bertz CT molecular complexity index is 618. The Morgan fingerprint density at radius 3 is 2.85 bits per heavy atom. The van der Waals surface area contributed by atoms with E-state index in [-0.39, 0.29) is 0 Å². The highest BCUT2D eigenvalue weighted by Gasteiger charge is 2.29. The average molecular weight is 336 g/mol. The van der Waals surface area contributed by atoms with Gasteiger partial charge in [-0.3, -0.25) is 4.68 Å². The summed E-state index contributed by atoms with van der Waals surface area (Å²) < 4.78 is 2.93. The van der Waals surface area contributed by atoms with Crippen LogP contribution in [0.15, 0.2) is 16.9 Å². The zero-order valence-corrected chi connectivity index (χ0v) is 13.3. The molecule has 0 unspecified atom stereocenters. The van der Waals surface area contributed by atoms with Crippen LogP contribution in [0.3, 0.4) is 0 Å². The molecule has 6 heteroatoms. The van der Waals surface area contributed by atoms with Crippen LogP contribution in [0.1, 0.15) is 37.8 Å². The Balaban J connectivity index is 2.01. The maximum atomic E-state index is 4.74. The van der Waals surface area contributed by atoms with Crippen molar-refractivity contribution in [2.75, 3.05) is 12.4 Å². The number of nitrogens with one attached hydrogen (secondary N) is 1. The molecule has 0 aliphatic heterocycles. The van der Waals surface area contributed by atoms with Gasteiger partial charge < -0.3 is 5.32 Å². The summed E-state index contributed by atoms with van der Waals surface area (Å²) in [6.07, 6.45) is 7.36. The first-order valence-electron chi connectivity index (χ1n) is 7.01. The van der Waals surface area contributed by atoms with Crippen LogP contribution in [0, 0.1) is 0 Å². The summed E-state index contributed by atoms with van der Waals surface area (Å²) in [5.74, 6) is 2.17. The molecule has 1 aliphatic carbocycles. The molecule has 0 spiro atoms. The van der Waals surface area contributed by atoms with Gasteiger partial charge >= 0.3 is 0 Å². The Morgan fingerprint density at radius 1 is 1.40 bits per heavy atom. The first-order valence-corrected chi connectivity index (χ1v) is 7.80. The third kappa shape index (κ3) is 2.57. The van der Waals surface area contributed by atoms with Crippen LogP contribution in [0.4, 0.5) is 5.82 Å². The summed E-state index contributed by atoms with van der Waals surface area (Å²) in [5, 5.41) is 7.49. The van der Waals surface area contributed by atoms with E-state index < -0.39 is 0 Å². The van der Waals surface area contributed by atoms with Crippen LogP contribution in [-0.4, -0.2) is 26.8 Å². The van der Waals surface area contributed by atoms with Gasteiger partial charge in [-0.05, 0) is 35.2 Å². The molecule has 2 aromatic rings. The van der Waals surface area contributed by atoms with Crippen molar-refractivity contribution in [1.29, 1.82) is 0 Å². The minimum atomic E-state index is 0.573. The third-order valence-electron chi connectivity index (χ3n) is 3.42. The standard InChI is InChI=1S/C14H18BrN5/c1-3-6-20-8-10(7-17-20)13-18-12(9-4-5-9)11(15)14(16-2)19-13/h7-9H,3-6H2,1-2H3,(H,16,18,19). The van der Waals surface area contributed by atoms with Crippen LogP contribution in [0.25, 0.3) is 11.4 Å². The number of hydrogen-bond donors (Lipinski definition) is 1. The highest BCUT2D eigenvalue weighted by Crippen LogP contribution is 2.44. The Morgan fingerprint density at radius 2 is 2.20 bits per heavy atom. The normalized spacial score (nSPS) is 14.6. The third-order valence-corrected chi connectivity index (χ3v) is 4.20. The fourth-order valence-electron chi connectivity index (χ4n) is 2.22. The molecule has 2 aromatic heterocycles. The molecule has 20 heavy (non-hydrogen) atoms. The molecule has 2 heterocycles. The number of halogens is 1. The van der Waals surface area contributed by atoms with Crippen molar-refractivity contribution in [2.24, 2.45) is 0 Å². The molecule has 0 bridgehead atoms. The number of aryl methyl sites for hydroxylation is 1. The molecule has 3 rings (SSSR count). The van der Waals surface area contributed by atoms with Gasteiger partial charge in [-0.15, -0.1) is 0 Å². The maximum absolute atomic E-state index is 4.74. The number of anilines is 1. The molecule has 0 amide bonds. The topological polar surface area (TPSA) is 55.6 Å². The van der Waals surface area contributed by atoms with Gasteiger partial charge in [0.25, 0.3) is 0 Å². The second kappa shape index (κ2) is 5.52. The van der Waals surface area contributed by atoms with Crippen molar-refractivity contribution in [2.45, 2.75) is 38.6 Å². The summed E-state index contributed by atoms with van der Waals surface area (Å²) in [5.41, 5.74) is 2.09. The Hall–Kier alpha value is -1.43. The molecule has 1 saturated carbocycles. The van der Waals surface area contributed by atoms with Gasteiger partial charge in [0.15, 0.2) is 5.82 Å². The number of rotatable bonds is 5. The van der Waals surface area contributed by atoms with Crippen molar-refractivity contribution in [1.82, 2.24) is 19.7 Å². The molecule has 0 radical (unpaired) electrons. The number of nitrogens with zero attached hydrogens (tertiary/aromatic N) is 4. The number of aromatic nitrogens is 4. The molecule has 0 saturated heterocycles. The van der Waals surface area contributed by atoms with Crippen LogP contribution in [0.2, 0.25) is 0 Å². The monoisotopic (exact) mass is 335 g/mol. The van der Waals surface area contributed by atoms with E-state index in [9.17, 15) is 0 Å². The smallest absolute Gasteiger partial charge is 0.165 e. The lowest BCUT2D eigenvalue weighted by atomic mass is 10.2. The summed E-state index contributed by atoms with van der Waals surface area (Å²) in [6, 6.07) is 0. The highest BCUT2D eigenvalue weighted by molar-refractivity contribution is 9.10. The van der Waals surface area contributed by atoms with E-state index in [0.29, 0.717) is 5.92 Å². The molecule has 0 aromatic carbocycles. The van der Waals surface area contributed by atoms with Crippen molar-refractivity contribution in [3.05, 3.63) is 22.6 Å². The molecule has 5 nitrogen and oxygen atoms in total. The van der Waals surface area contributed by atoms with Gasteiger partial charge in [0.05, 0.1) is 21.9 Å². The molecular weight excluding hydrogens is 318 g/mol. The highest BCUT2D eigenvalue weighted by atomic mass is 79.9. The summed E-state index contributed by atoms with van der Waals surface area (Å²) in [7, 11) is 1.88. The Labute approximate surface area is 127 Å². The van der Waals surface area contributed by atoms with Crippen molar-refractivity contribution < 1.29 is 0 Å². The van der Waals surface area contributed by atoms with Crippen molar-refractivity contribution >= 4 is 21.7 Å². The van der Waals surface area contributed by atoms with E-state index in [0.717, 1.165) is 40.3 Å². The Kier molecular flexibility index (Phi) is 3.74. The second-order valence-corrected chi connectivity index (χ2v) is 5.90. The molecule has 106 valence electrons. The molecule has 1 aliphatic rings. The van der Waals surface area contributed by atoms with E-state index in [1.54, 1.807) is 0 Å².